The van der Waals surface area contributed by atoms with Crippen LogP contribution in [-0.2, 0) is 10.0 Å². The highest BCUT2D eigenvalue weighted by atomic mass is 32.2. The monoisotopic (exact) mass is 498 g/mol. The molecule has 0 unspecified atom stereocenters. The van der Waals surface area contributed by atoms with Crippen molar-refractivity contribution >= 4 is 27.5 Å². The van der Waals surface area contributed by atoms with Gasteiger partial charge in [-0.05, 0) is 72.2 Å². The van der Waals surface area contributed by atoms with Crippen molar-refractivity contribution in [3.8, 4) is 5.69 Å². The van der Waals surface area contributed by atoms with E-state index in [1.54, 1.807) is 30.3 Å². The Balaban J connectivity index is 1.53. The third kappa shape index (κ3) is 5.30. The third-order valence-corrected chi connectivity index (χ3v) is 7.53. The fraction of sp³-hybridized carbons (Fsp3) is 0.318. The molecule has 184 valence electrons. The molecule has 12 nitrogen and oxygen atoms in total. The minimum absolute atomic E-state index is 0.00192. The zero-order valence-electron chi connectivity index (χ0n) is 19.4. The van der Waals surface area contributed by atoms with Gasteiger partial charge >= 0.3 is 0 Å². The highest BCUT2D eigenvalue weighted by molar-refractivity contribution is 7.89. The number of hydrazine groups is 1. The van der Waals surface area contributed by atoms with Gasteiger partial charge in [0.05, 0.1) is 16.1 Å². The number of carbonyl (C=O) groups excluding carboxylic acids is 2. The molecule has 0 spiro atoms. The van der Waals surface area contributed by atoms with Crippen LogP contribution in [0.5, 0.6) is 0 Å². The van der Waals surface area contributed by atoms with Gasteiger partial charge in [-0.25, -0.2) is 17.4 Å². The molecule has 1 saturated heterocycles. The van der Waals surface area contributed by atoms with E-state index in [0.717, 1.165) is 36.7 Å². The summed E-state index contributed by atoms with van der Waals surface area (Å²) in [4.78, 5) is 27.8. The lowest BCUT2D eigenvalue weighted by atomic mass is 10.1. The van der Waals surface area contributed by atoms with Crippen molar-refractivity contribution in [3.05, 3.63) is 59.9 Å². The molecule has 1 aliphatic heterocycles. The molecule has 1 fully saturated rings. The molecule has 2 amide bonds. The number of hydrogen-bond donors (Lipinski definition) is 2. The Kier molecular flexibility index (Phi) is 7.07. The minimum Gasteiger partial charge on any atom is -0.371 e. The van der Waals surface area contributed by atoms with Gasteiger partial charge in [0, 0.05) is 38.4 Å². The first-order valence-electron chi connectivity index (χ1n) is 11.0. The number of nitrogens with zero attached hydrogens (tertiary/aromatic N) is 6. The van der Waals surface area contributed by atoms with Gasteiger partial charge in [0.25, 0.3) is 11.8 Å². The van der Waals surface area contributed by atoms with Gasteiger partial charge in [0.2, 0.25) is 10.0 Å². The second kappa shape index (κ2) is 10.2. The number of sulfonamides is 1. The van der Waals surface area contributed by atoms with Crippen molar-refractivity contribution in [2.45, 2.75) is 24.2 Å². The molecular formula is C22H26N8O4S. The van der Waals surface area contributed by atoms with Crippen LogP contribution in [0.2, 0.25) is 0 Å². The number of carbonyl (C=O) groups is 2. The predicted molar refractivity (Wildman–Crippen MR) is 127 cm³/mol. The molecule has 0 atom stereocenters. The lowest BCUT2D eigenvalue weighted by Gasteiger charge is -2.30. The maximum Gasteiger partial charge on any atom is 0.271 e. The van der Waals surface area contributed by atoms with E-state index < -0.39 is 21.8 Å². The Hall–Kier alpha value is -3.84. The average molecular weight is 499 g/mol. The van der Waals surface area contributed by atoms with Crippen LogP contribution in [0.3, 0.4) is 0 Å². The van der Waals surface area contributed by atoms with E-state index in [2.05, 4.69) is 31.3 Å². The maximum atomic E-state index is 13.1. The highest BCUT2D eigenvalue weighted by Gasteiger charge is 2.24. The fourth-order valence-corrected chi connectivity index (χ4v) is 4.71. The fourth-order valence-electron chi connectivity index (χ4n) is 3.78. The summed E-state index contributed by atoms with van der Waals surface area (Å²) in [5.74, 6) is -1.14. The topological polar surface area (TPSA) is 142 Å². The second-order valence-electron chi connectivity index (χ2n) is 8.22. The van der Waals surface area contributed by atoms with Gasteiger partial charge < -0.3 is 4.90 Å². The van der Waals surface area contributed by atoms with Crippen molar-refractivity contribution < 1.29 is 18.0 Å². The lowest BCUT2D eigenvalue weighted by Crippen LogP contribution is -2.42. The Morgan fingerprint density at radius 1 is 0.943 bits per heavy atom. The van der Waals surface area contributed by atoms with Crippen molar-refractivity contribution in [1.29, 1.82) is 0 Å². The van der Waals surface area contributed by atoms with E-state index in [-0.39, 0.29) is 10.5 Å². The summed E-state index contributed by atoms with van der Waals surface area (Å²) in [6.45, 7) is 1.53. The predicted octanol–water partition coefficient (Wildman–Crippen LogP) is 0.978. The average Bonchev–Trinajstić information content (AvgIpc) is 3.42. The van der Waals surface area contributed by atoms with E-state index >= 15 is 0 Å². The Morgan fingerprint density at radius 2 is 1.63 bits per heavy atom. The summed E-state index contributed by atoms with van der Waals surface area (Å²) in [6, 6.07) is 11.0. The second-order valence-corrected chi connectivity index (χ2v) is 10.4. The minimum atomic E-state index is -3.75. The molecule has 13 heteroatoms. The first kappa shape index (κ1) is 24.3. The summed E-state index contributed by atoms with van der Waals surface area (Å²) in [6.07, 6.45) is 4.50. The molecule has 1 aromatic heterocycles. The highest BCUT2D eigenvalue weighted by Crippen LogP contribution is 2.27. The largest absolute Gasteiger partial charge is 0.371 e. The van der Waals surface area contributed by atoms with Crippen molar-refractivity contribution in [1.82, 2.24) is 35.4 Å². The molecule has 0 saturated carbocycles. The number of hydrogen-bond acceptors (Lipinski definition) is 8. The quantitative estimate of drug-likeness (QED) is 0.479. The summed E-state index contributed by atoms with van der Waals surface area (Å²) in [7, 11) is -0.888. The SMILES string of the molecule is CN(C)S(=O)(=O)c1ccc(N2CCCCC2)c(C(=O)NNC(=O)c2ccc(-n3cnnn3)cc2)c1. The van der Waals surface area contributed by atoms with Crippen molar-refractivity contribution in [3.63, 3.8) is 0 Å². The molecule has 1 aliphatic rings. The standard InChI is InChI=1S/C22H26N8O4S/c1-28(2)35(33,34)18-10-11-20(29-12-4-3-5-13-29)19(14-18)22(32)25-24-21(31)16-6-8-17(9-7-16)30-15-23-26-27-30/h6-11,14-15H,3-5,12-13H2,1-2H3,(H,24,31)(H,25,32). The number of aromatic nitrogens is 4. The van der Waals surface area contributed by atoms with E-state index in [1.165, 1.54) is 37.2 Å². The van der Waals surface area contributed by atoms with Crippen molar-refractivity contribution in [2.24, 2.45) is 0 Å². The van der Waals surface area contributed by atoms with E-state index in [0.29, 0.717) is 16.9 Å². The first-order chi connectivity index (χ1) is 16.8. The number of piperidine rings is 1. The Bertz CT molecular complexity index is 1300. The van der Waals surface area contributed by atoms with Crippen LogP contribution in [0.1, 0.15) is 40.0 Å². The van der Waals surface area contributed by atoms with Crippen molar-refractivity contribution in [2.75, 3.05) is 32.1 Å². The number of amides is 2. The van der Waals surface area contributed by atoms with Gasteiger partial charge in [0.15, 0.2) is 0 Å². The summed E-state index contributed by atoms with van der Waals surface area (Å²) < 4.78 is 27.8. The van der Waals surface area contributed by atoms with Gasteiger partial charge in [0.1, 0.15) is 6.33 Å². The van der Waals surface area contributed by atoms with Crippen LogP contribution >= 0.6 is 0 Å². The molecular weight excluding hydrogens is 472 g/mol. The number of nitrogens with one attached hydrogen (secondary N) is 2. The molecule has 0 aliphatic carbocycles. The molecule has 2 N–H and O–H groups in total. The van der Waals surface area contributed by atoms with Crippen LogP contribution < -0.4 is 15.8 Å². The van der Waals surface area contributed by atoms with E-state index in [1.807, 2.05) is 0 Å². The number of anilines is 1. The molecule has 2 heterocycles. The molecule has 4 rings (SSSR count). The normalized spacial score (nSPS) is 14.1. The molecule has 2 aromatic carbocycles. The summed E-state index contributed by atoms with van der Waals surface area (Å²) >= 11 is 0. The van der Waals surface area contributed by atoms with Crippen LogP contribution in [0.25, 0.3) is 5.69 Å². The summed E-state index contributed by atoms with van der Waals surface area (Å²) in [5.41, 5.74) is 6.58. The van der Waals surface area contributed by atoms with Gasteiger partial charge in [-0.1, -0.05) is 0 Å². The van der Waals surface area contributed by atoms with E-state index in [4.69, 9.17) is 0 Å². The van der Waals surface area contributed by atoms with Crippen LogP contribution in [0.15, 0.2) is 53.7 Å². The number of tetrazole rings is 1. The zero-order valence-corrected chi connectivity index (χ0v) is 20.2. The number of benzene rings is 2. The third-order valence-electron chi connectivity index (χ3n) is 5.72. The smallest absolute Gasteiger partial charge is 0.271 e. The first-order valence-corrected chi connectivity index (χ1v) is 12.5. The van der Waals surface area contributed by atoms with Crippen LogP contribution in [0.4, 0.5) is 5.69 Å². The zero-order chi connectivity index (χ0) is 25.0. The maximum absolute atomic E-state index is 13.1. The molecule has 35 heavy (non-hydrogen) atoms. The van der Waals surface area contributed by atoms with Crippen LogP contribution in [0, 0.1) is 0 Å². The summed E-state index contributed by atoms with van der Waals surface area (Å²) in [5, 5.41) is 10.9. The molecule has 0 bridgehead atoms. The lowest BCUT2D eigenvalue weighted by molar-refractivity contribution is 0.0847. The van der Waals surface area contributed by atoms with Gasteiger partial charge in [-0.3, -0.25) is 20.4 Å². The molecule has 3 aromatic rings. The number of rotatable bonds is 6. The van der Waals surface area contributed by atoms with Gasteiger partial charge in [-0.2, -0.15) is 0 Å². The van der Waals surface area contributed by atoms with Gasteiger partial charge in [-0.15, -0.1) is 5.10 Å². The Morgan fingerprint density at radius 3 is 2.26 bits per heavy atom. The van der Waals surface area contributed by atoms with Crippen LogP contribution in [-0.4, -0.2) is 71.9 Å². The Labute approximate surface area is 202 Å². The molecule has 0 radical (unpaired) electrons. The van der Waals surface area contributed by atoms with E-state index in [9.17, 15) is 18.0 Å².